The second-order valence-corrected chi connectivity index (χ2v) is 6.50. The molecule has 150 valence electrons. The Morgan fingerprint density at radius 1 is 1.04 bits per heavy atom. The summed E-state index contributed by atoms with van der Waals surface area (Å²) in [7, 11) is 7.17. The highest BCUT2D eigenvalue weighted by Gasteiger charge is 2.13. The molecule has 0 bridgehead atoms. The number of carboxylic acid groups (broad SMARTS) is 1. The molecule has 2 aromatic rings. The van der Waals surface area contributed by atoms with Crippen LogP contribution in [0, 0.1) is 0 Å². The molecule has 0 heterocycles. The molecule has 0 atom stereocenters. The number of nitrogens with zero attached hydrogens (tertiary/aromatic N) is 1. The van der Waals surface area contributed by atoms with Gasteiger partial charge in [0, 0.05) is 18.2 Å². The molecular weight excluding hydrogens is 358 g/mol. The summed E-state index contributed by atoms with van der Waals surface area (Å²) in [6.07, 6.45) is 2.47. The molecule has 0 spiro atoms. The van der Waals surface area contributed by atoms with E-state index in [1.807, 2.05) is 14.1 Å². The molecule has 0 aliphatic heterocycles. The molecule has 0 aliphatic rings. The van der Waals surface area contributed by atoms with Gasteiger partial charge in [0.1, 0.15) is 17.2 Å². The van der Waals surface area contributed by atoms with Gasteiger partial charge in [0.15, 0.2) is 0 Å². The van der Waals surface area contributed by atoms with E-state index in [0.29, 0.717) is 35.0 Å². The fourth-order valence-electron chi connectivity index (χ4n) is 2.64. The molecule has 0 radical (unpaired) electrons. The first-order valence-electron chi connectivity index (χ1n) is 8.99. The number of aliphatic carboxylic acids is 1. The monoisotopic (exact) mass is 385 g/mol. The Morgan fingerprint density at radius 3 is 2.25 bits per heavy atom. The van der Waals surface area contributed by atoms with Crippen LogP contribution in [0.15, 0.2) is 42.5 Å². The molecule has 0 aliphatic carbocycles. The SMILES string of the molecule is COc1ccc(/C(=C/c2ccc(OC)cc2OCCCN(C)C)C(=O)O)cc1. The number of benzene rings is 2. The van der Waals surface area contributed by atoms with Gasteiger partial charge in [-0.2, -0.15) is 0 Å². The van der Waals surface area contributed by atoms with Gasteiger partial charge >= 0.3 is 5.97 Å². The predicted molar refractivity (Wildman–Crippen MR) is 110 cm³/mol. The van der Waals surface area contributed by atoms with Crippen LogP contribution < -0.4 is 14.2 Å². The van der Waals surface area contributed by atoms with Crippen molar-refractivity contribution in [3.05, 3.63) is 53.6 Å². The second-order valence-electron chi connectivity index (χ2n) is 6.50. The fraction of sp³-hybridized carbons (Fsp3) is 0.318. The third kappa shape index (κ3) is 6.03. The number of rotatable bonds is 10. The molecular formula is C22H27NO5. The van der Waals surface area contributed by atoms with Crippen molar-refractivity contribution in [1.29, 1.82) is 0 Å². The van der Waals surface area contributed by atoms with Gasteiger partial charge in [-0.25, -0.2) is 4.79 Å². The van der Waals surface area contributed by atoms with Crippen LogP contribution in [0.2, 0.25) is 0 Å². The number of ether oxygens (including phenoxy) is 3. The molecule has 0 saturated heterocycles. The molecule has 28 heavy (non-hydrogen) atoms. The zero-order valence-electron chi connectivity index (χ0n) is 16.8. The maximum Gasteiger partial charge on any atom is 0.336 e. The minimum Gasteiger partial charge on any atom is -0.497 e. The van der Waals surface area contributed by atoms with E-state index in [1.54, 1.807) is 62.8 Å². The number of hydrogen-bond acceptors (Lipinski definition) is 5. The van der Waals surface area contributed by atoms with Crippen LogP contribution in [0.4, 0.5) is 0 Å². The largest absolute Gasteiger partial charge is 0.497 e. The first kappa shape index (κ1) is 21.3. The van der Waals surface area contributed by atoms with Crippen LogP contribution in [0.3, 0.4) is 0 Å². The molecule has 0 unspecified atom stereocenters. The van der Waals surface area contributed by atoms with E-state index in [-0.39, 0.29) is 5.57 Å². The maximum atomic E-state index is 11.9. The topological polar surface area (TPSA) is 68.2 Å². The highest BCUT2D eigenvalue weighted by molar-refractivity contribution is 6.20. The quantitative estimate of drug-likeness (QED) is 0.382. The summed E-state index contributed by atoms with van der Waals surface area (Å²) in [6, 6.07) is 12.3. The Hall–Kier alpha value is -2.99. The lowest BCUT2D eigenvalue weighted by atomic mass is 10.0. The highest BCUT2D eigenvalue weighted by atomic mass is 16.5. The van der Waals surface area contributed by atoms with E-state index in [2.05, 4.69) is 4.90 Å². The summed E-state index contributed by atoms with van der Waals surface area (Å²) in [5.74, 6) is 0.897. The molecule has 1 N–H and O–H groups in total. The first-order valence-corrected chi connectivity index (χ1v) is 8.99. The van der Waals surface area contributed by atoms with E-state index >= 15 is 0 Å². The number of carbonyl (C=O) groups is 1. The van der Waals surface area contributed by atoms with Crippen molar-refractivity contribution in [3.63, 3.8) is 0 Å². The first-order chi connectivity index (χ1) is 13.4. The van der Waals surface area contributed by atoms with E-state index in [1.165, 1.54) is 0 Å². The van der Waals surface area contributed by atoms with Crippen LogP contribution >= 0.6 is 0 Å². The molecule has 6 heteroatoms. The Labute approximate surface area is 166 Å². The van der Waals surface area contributed by atoms with Crippen LogP contribution in [-0.2, 0) is 4.79 Å². The number of carboxylic acids is 1. The van der Waals surface area contributed by atoms with E-state index < -0.39 is 5.97 Å². The van der Waals surface area contributed by atoms with E-state index in [9.17, 15) is 9.90 Å². The van der Waals surface area contributed by atoms with E-state index in [0.717, 1.165) is 13.0 Å². The lowest BCUT2D eigenvalue weighted by molar-refractivity contribution is -0.130. The summed E-state index contributed by atoms with van der Waals surface area (Å²) in [6.45, 7) is 1.43. The highest BCUT2D eigenvalue weighted by Crippen LogP contribution is 2.29. The molecule has 6 nitrogen and oxygen atoms in total. The van der Waals surface area contributed by atoms with Crippen LogP contribution in [-0.4, -0.2) is 57.4 Å². The fourth-order valence-corrected chi connectivity index (χ4v) is 2.64. The normalized spacial score (nSPS) is 11.4. The van der Waals surface area contributed by atoms with Crippen molar-refractivity contribution in [1.82, 2.24) is 4.90 Å². The molecule has 2 rings (SSSR count). The molecule has 0 amide bonds. The Bertz CT molecular complexity index is 812. The summed E-state index contributed by atoms with van der Waals surface area (Å²) in [5.41, 5.74) is 1.44. The van der Waals surface area contributed by atoms with Gasteiger partial charge in [-0.15, -0.1) is 0 Å². The smallest absolute Gasteiger partial charge is 0.336 e. The average Bonchev–Trinajstić information content (AvgIpc) is 2.69. The Kier molecular flexibility index (Phi) is 7.89. The van der Waals surface area contributed by atoms with Gasteiger partial charge in [-0.05, 0) is 56.4 Å². The molecule has 0 aromatic heterocycles. The second kappa shape index (κ2) is 10.4. The third-order valence-electron chi connectivity index (χ3n) is 4.16. The lowest BCUT2D eigenvalue weighted by Gasteiger charge is -2.14. The van der Waals surface area contributed by atoms with Gasteiger partial charge in [-0.3, -0.25) is 0 Å². The third-order valence-corrected chi connectivity index (χ3v) is 4.16. The van der Waals surface area contributed by atoms with Gasteiger partial charge < -0.3 is 24.2 Å². The standard InChI is InChI=1S/C22H27NO5/c1-23(2)12-5-13-28-21-15-19(27-4)11-8-17(21)14-20(22(24)25)16-6-9-18(26-3)10-7-16/h6-11,14-15H,5,12-13H2,1-4H3,(H,24,25)/b20-14-. The van der Waals surface area contributed by atoms with Crippen LogP contribution in [0.5, 0.6) is 17.2 Å². The van der Waals surface area contributed by atoms with Crippen LogP contribution in [0.1, 0.15) is 17.5 Å². The molecule has 0 fully saturated rings. The van der Waals surface area contributed by atoms with Crippen molar-refractivity contribution in [2.24, 2.45) is 0 Å². The zero-order valence-corrected chi connectivity index (χ0v) is 16.8. The summed E-state index contributed by atoms with van der Waals surface area (Å²) in [5, 5.41) is 9.71. The Morgan fingerprint density at radius 2 is 1.68 bits per heavy atom. The van der Waals surface area contributed by atoms with Gasteiger partial charge in [0.2, 0.25) is 0 Å². The summed E-state index contributed by atoms with van der Waals surface area (Å²) < 4.78 is 16.3. The molecule has 0 saturated carbocycles. The van der Waals surface area contributed by atoms with E-state index in [4.69, 9.17) is 14.2 Å². The van der Waals surface area contributed by atoms with Gasteiger partial charge in [0.25, 0.3) is 0 Å². The lowest BCUT2D eigenvalue weighted by Crippen LogP contribution is -2.15. The zero-order chi connectivity index (χ0) is 20.5. The van der Waals surface area contributed by atoms with Gasteiger partial charge in [-0.1, -0.05) is 12.1 Å². The van der Waals surface area contributed by atoms with Crippen molar-refractivity contribution in [2.75, 3.05) is 41.5 Å². The molecule has 2 aromatic carbocycles. The summed E-state index contributed by atoms with van der Waals surface area (Å²) in [4.78, 5) is 13.9. The summed E-state index contributed by atoms with van der Waals surface area (Å²) >= 11 is 0. The van der Waals surface area contributed by atoms with Crippen LogP contribution in [0.25, 0.3) is 11.6 Å². The number of methoxy groups -OCH3 is 2. The number of hydrogen-bond donors (Lipinski definition) is 1. The average molecular weight is 385 g/mol. The minimum atomic E-state index is -1.01. The van der Waals surface area contributed by atoms with Crippen molar-refractivity contribution in [3.8, 4) is 17.2 Å². The van der Waals surface area contributed by atoms with Gasteiger partial charge in [0.05, 0.1) is 26.4 Å². The predicted octanol–water partition coefficient (Wildman–Crippen LogP) is 3.66. The van der Waals surface area contributed by atoms with Crippen molar-refractivity contribution in [2.45, 2.75) is 6.42 Å². The van der Waals surface area contributed by atoms with Crippen molar-refractivity contribution < 1.29 is 24.1 Å². The minimum absolute atomic E-state index is 0.172. The van der Waals surface area contributed by atoms with Crippen molar-refractivity contribution >= 4 is 17.6 Å². The Balaban J connectivity index is 2.34. The maximum absolute atomic E-state index is 11.9.